The molecule has 0 aromatic carbocycles. The van der Waals surface area contributed by atoms with Crippen LogP contribution in [-0.4, -0.2) is 28.6 Å². The summed E-state index contributed by atoms with van der Waals surface area (Å²) in [4.78, 5) is 10.7. The first-order chi connectivity index (χ1) is 9.72. The summed E-state index contributed by atoms with van der Waals surface area (Å²) in [6.07, 6.45) is 8.09. The van der Waals surface area contributed by atoms with Gasteiger partial charge in [0.15, 0.2) is 0 Å². The highest BCUT2D eigenvalue weighted by Gasteiger charge is 2.17. The molecule has 104 valence electrons. The zero-order chi connectivity index (χ0) is 14.1. The monoisotopic (exact) mass is 353 g/mol. The van der Waals surface area contributed by atoms with Crippen LogP contribution in [0.15, 0.2) is 29.4 Å². The van der Waals surface area contributed by atoms with Crippen molar-refractivity contribution in [1.82, 2.24) is 14.4 Å². The number of imidazole rings is 1. The standard InChI is InChI=1S/C13H12BrN3O2S/c1-18-12-9(13(19-2)16-4-10(12)14)3-8-6-17-7-15-5-11(17)20-8/h4-7H,3H2,1-2H3. The second-order valence-electron chi connectivity index (χ2n) is 4.14. The maximum Gasteiger partial charge on any atom is 0.220 e. The minimum atomic E-state index is 0.584. The number of hydrogen-bond donors (Lipinski definition) is 0. The lowest BCUT2D eigenvalue weighted by atomic mass is 10.1. The Labute approximate surface area is 128 Å². The third kappa shape index (κ3) is 2.27. The predicted octanol–water partition coefficient (Wildman–Crippen LogP) is 3.16. The summed E-state index contributed by atoms with van der Waals surface area (Å²) < 4.78 is 13.6. The van der Waals surface area contributed by atoms with E-state index in [1.807, 2.05) is 10.6 Å². The summed E-state index contributed by atoms with van der Waals surface area (Å²) in [5.74, 6) is 1.34. The van der Waals surface area contributed by atoms with Gasteiger partial charge in [-0.05, 0) is 15.9 Å². The van der Waals surface area contributed by atoms with Crippen LogP contribution in [0.1, 0.15) is 10.4 Å². The Morgan fingerprint density at radius 2 is 2.15 bits per heavy atom. The van der Waals surface area contributed by atoms with E-state index >= 15 is 0 Å². The highest BCUT2D eigenvalue weighted by Crippen LogP contribution is 2.36. The van der Waals surface area contributed by atoms with E-state index in [-0.39, 0.29) is 0 Å². The number of pyridine rings is 1. The lowest BCUT2D eigenvalue weighted by Gasteiger charge is -2.12. The number of ether oxygens (including phenoxy) is 2. The molecule has 0 aliphatic rings. The molecule has 7 heteroatoms. The van der Waals surface area contributed by atoms with Crippen molar-refractivity contribution in [2.45, 2.75) is 6.42 Å². The summed E-state index contributed by atoms with van der Waals surface area (Å²) in [7, 11) is 3.26. The maximum atomic E-state index is 5.46. The first kappa shape index (κ1) is 13.4. The number of nitrogens with zero attached hydrogens (tertiary/aromatic N) is 3. The van der Waals surface area contributed by atoms with Gasteiger partial charge in [-0.1, -0.05) is 0 Å². The van der Waals surface area contributed by atoms with Gasteiger partial charge in [0.25, 0.3) is 0 Å². The molecule has 0 aliphatic heterocycles. The molecule has 0 bridgehead atoms. The van der Waals surface area contributed by atoms with E-state index < -0.39 is 0 Å². The largest absolute Gasteiger partial charge is 0.495 e. The Morgan fingerprint density at radius 3 is 2.85 bits per heavy atom. The molecular formula is C13H12BrN3O2S. The topological polar surface area (TPSA) is 48.7 Å². The second-order valence-corrected chi connectivity index (χ2v) is 6.14. The van der Waals surface area contributed by atoms with Crippen LogP contribution in [0.5, 0.6) is 11.6 Å². The van der Waals surface area contributed by atoms with Gasteiger partial charge in [-0.15, -0.1) is 11.3 Å². The van der Waals surface area contributed by atoms with Crippen LogP contribution in [0, 0.1) is 0 Å². The molecule has 3 rings (SSSR count). The lowest BCUT2D eigenvalue weighted by molar-refractivity contribution is 0.373. The molecule has 0 N–H and O–H groups in total. The van der Waals surface area contributed by atoms with Gasteiger partial charge in [-0.3, -0.25) is 4.40 Å². The summed E-state index contributed by atoms with van der Waals surface area (Å²) in [5, 5.41) is 0. The summed E-state index contributed by atoms with van der Waals surface area (Å²) in [6, 6.07) is 0. The van der Waals surface area contributed by atoms with E-state index in [2.05, 4.69) is 32.1 Å². The van der Waals surface area contributed by atoms with E-state index in [1.165, 1.54) is 4.88 Å². The second kappa shape index (κ2) is 5.41. The number of halogens is 1. The molecule has 0 saturated heterocycles. The van der Waals surface area contributed by atoms with Crippen LogP contribution in [0.4, 0.5) is 0 Å². The Kier molecular flexibility index (Phi) is 3.62. The van der Waals surface area contributed by atoms with Crippen LogP contribution < -0.4 is 9.47 Å². The Morgan fingerprint density at radius 1 is 1.30 bits per heavy atom. The molecule has 3 heterocycles. The fourth-order valence-corrected chi connectivity index (χ4v) is 3.56. The van der Waals surface area contributed by atoms with Gasteiger partial charge in [-0.2, -0.15) is 0 Å². The Balaban J connectivity index is 2.04. The van der Waals surface area contributed by atoms with Crippen LogP contribution in [0.2, 0.25) is 0 Å². The van der Waals surface area contributed by atoms with Crippen LogP contribution in [-0.2, 0) is 6.42 Å². The van der Waals surface area contributed by atoms with E-state index in [0.29, 0.717) is 12.3 Å². The molecule has 5 nitrogen and oxygen atoms in total. The fraction of sp³-hybridized carbons (Fsp3) is 0.231. The third-order valence-corrected chi connectivity index (χ3v) is 4.54. The smallest absolute Gasteiger partial charge is 0.220 e. The van der Waals surface area contributed by atoms with Crippen molar-refractivity contribution in [3.8, 4) is 11.6 Å². The first-order valence-electron chi connectivity index (χ1n) is 5.88. The maximum absolute atomic E-state index is 5.46. The minimum absolute atomic E-state index is 0.584. The minimum Gasteiger partial charge on any atom is -0.495 e. The van der Waals surface area contributed by atoms with E-state index in [4.69, 9.17) is 9.47 Å². The fourth-order valence-electron chi connectivity index (χ4n) is 2.09. The molecule has 3 aromatic heterocycles. The lowest BCUT2D eigenvalue weighted by Crippen LogP contribution is -2.00. The molecule has 0 radical (unpaired) electrons. The number of hydrogen-bond acceptors (Lipinski definition) is 5. The van der Waals surface area contributed by atoms with E-state index in [9.17, 15) is 0 Å². The highest BCUT2D eigenvalue weighted by molar-refractivity contribution is 9.10. The van der Waals surface area contributed by atoms with Crippen LogP contribution >= 0.6 is 27.3 Å². The zero-order valence-corrected chi connectivity index (χ0v) is 13.4. The average Bonchev–Trinajstić information content (AvgIpc) is 3.00. The number of methoxy groups -OCH3 is 2. The highest BCUT2D eigenvalue weighted by atomic mass is 79.9. The predicted molar refractivity (Wildman–Crippen MR) is 80.9 cm³/mol. The van der Waals surface area contributed by atoms with E-state index in [0.717, 1.165) is 20.6 Å². The molecule has 3 aromatic rings. The molecule has 0 spiro atoms. The number of thiazole rings is 1. The Hall–Kier alpha value is -1.60. The molecule has 0 aliphatic carbocycles. The number of rotatable bonds is 4. The van der Waals surface area contributed by atoms with Crippen molar-refractivity contribution in [3.05, 3.63) is 39.8 Å². The van der Waals surface area contributed by atoms with Gasteiger partial charge >= 0.3 is 0 Å². The number of aromatic nitrogens is 3. The third-order valence-electron chi connectivity index (χ3n) is 2.94. The number of fused-ring (bicyclic) bond motifs is 1. The van der Waals surface area contributed by atoms with Crippen molar-refractivity contribution in [2.24, 2.45) is 0 Å². The van der Waals surface area contributed by atoms with Gasteiger partial charge in [0.05, 0.1) is 36.8 Å². The Bertz CT molecular complexity index is 725. The van der Waals surface area contributed by atoms with Crippen molar-refractivity contribution in [2.75, 3.05) is 14.2 Å². The van der Waals surface area contributed by atoms with E-state index in [1.54, 1.807) is 38.1 Å². The molecule has 0 amide bonds. The molecular weight excluding hydrogens is 342 g/mol. The van der Waals surface area contributed by atoms with Crippen LogP contribution in [0.3, 0.4) is 0 Å². The van der Waals surface area contributed by atoms with Gasteiger partial charge in [-0.25, -0.2) is 9.97 Å². The SMILES string of the molecule is COc1ncc(Br)c(OC)c1Cc1cn2cncc2s1. The summed E-state index contributed by atoms with van der Waals surface area (Å²) in [5.41, 5.74) is 0.932. The van der Waals surface area contributed by atoms with Crippen LogP contribution in [0.25, 0.3) is 4.83 Å². The quantitative estimate of drug-likeness (QED) is 0.722. The normalized spacial score (nSPS) is 10.9. The van der Waals surface area contributed by atoms with Crippen molar-refractivity contribution in [1.29, 1.82) is 0 Å². The molecule has 0 unspecified atom stereocenters. The molecule has 0 saturated carbocycles. The molecule has 0 atom stereocenters. The van der Waals surface area contributed by atoms with Crippen molar-refractivity contribution < 1.29 is 9.47 Å². The molecule has 0 fully saturated rings. The van der Waals surface area contributed by atoms with Gasteiger partial charge < -0.3 is 9.47 Å². The summed E-state index contributed by atoms with van der Waals surface area (Å²) >= 11 is 5.15. The van der Waals surface area contributed by atoms with Crippen molar-refractivity contribution >= 4 is 32.1 Å². The van der Waals surface area contributed by atoms with Gasteiger partial charge in [0, 0.05) is 23.7 Å². The summed E-state index contributed by atoms with van der Waals surface area (Å²) in [6.45, 7) is 0. The zero-order valence-electron chi connectivity index (χ0n) is 11.0. The average molecular weight is 354 g/mol. The first-order valence-corrected chi connectivity index (χ1v) is 7.49. The van der Waals surface area contributed by atoms with Crippen molar-refractivity contribution in [3.63, 3.8) is 0 Å². The van der Waals surface area contributed by atoms with Gasteiger partial charge in [0.1, 0.15) is 10.6 Å². The molecule has 20 heavy (non-hydrogen) atoms. The van der Waals surface area contributed by atoms with Gasteiger partial charge in [0.2, 0.25) is 5.88 Å².